The third-order valence-corrected chi connectivity index (χ3v) is 4.12. The number of thioether (sulfide) groups is 1. The second-order valence-electron chi connectivity index (χ2n) is 4.83. The first kappa shape index (κ1) is 16.4. The average Bonchev–Trinajstić information content (AvgIpc) is 2.31. The minimum Gasteiger partial charge on any atom is -0.162 e. The minimum atomic E-state index is 0.619. The first-order valence-corrected chi connectivity index (χ1v) is 8.46. The van der Waals surface area contributed by atoms with E-state index < -0.39 is 0 Å². The molecule has 16 heavy (non-hydrogen) atoms. The van der Waals surface area contributed by atoms with E-state index in [4.69, 9.17) is 0 Å². The van der Waals surface area contributed by atoms with Crippen LogP contribution in [0.25, 0.3) is 0 Å². The van der Waals surface area contributed by atoms with Gasteiger partial charge in [-0.1, -0.05) is 71.1 Å². The first-order valence-electron chi connectivity index (χ1n) is 7.17. The van der Waals surface area contributed by atoms with E-state index >= 15 is 0 Å². The zero-order valence-electron chi connectivity index (χ0n) is 11.5. The van der Waals surface area contributed by atoms with Crippen molar-refractivity contribution in [1.82, 2.24) is 0 Å². The Morgan fingerprint density at radius 2 is 1.25 bits per heavy atom. The molecule has 1 heteroatoms. The summed E-state index contributed by atoms with van der Waals surface area (Å²) in [6.45, 7) is 6.38. The Balaban J connectivity index is 2.93. The lowest BCUT2D eigenvalue weighted by molar-refractivity contribution is 0.551. The summed E-state index contributed by atoms with van der Waals surface area (Å²) in [4.78, 5) is 0. The van der Waals surface area contributed by atoms with Crippen LogP contribution in [0.3, 0.4) is 0 Å². The molecular weight excluding hydrogens is 212 g/mol. The highest BCUT2D eigenvalue weighted by Gasteiger charge is 1.98. The van der Waals surface area contributed by atoms with E-state index in [0.29, 0.717) is 5.25 Å². The van der Waals surface area contributed by atoms with Crippen LogP contribution in [-0.2, 0) is 0 Å². The zero-order chi connectivity index (χ0) is 12.1. The second-order valence-corrected chi connectivity index (χ2v) is 5.97. The van der Waals surface area contributed by atoms with Crippen LogP contribution < -0.4 is 0 Å². The van der Waals surface area contributed by atoms with Crippen LogP contribution in [0.2, 0.25) is 0 Å². The molecule has 0 bridgehead atoms. The van der Waals surface area contributed by atoms with Gasteiger partial charge in [-0.05, 0) is 19.6 Å². The highest BCUT2D eigenvalue weighted by molar-refractivity contribution is 7.99. The summed E-state index contributed by atoms with van der Waals surface area (Å²) < 4.78 is 0. The molecule has 1 unspecified atom stereocenters. The molecule has 0 saturated heterocycles. The van der Waals surface area contributed by atoms with Gasteiger partial charge >= 0.3 is 0 Å². The fourth-order valence-electron chi connectivity index (χ4n) is 1.98. The Morgan fingerprint density at radius 3 is 1.69 bits per heavy atom. The van der Waals surface area contributed by atoms with Crippen molar-refractivity contribution in [3.63, 3.8) is 0 Å². The topological polar surface area (TPSA) is 0 Å². The molecule has 0 N–H and O–H groups in total. The van der Waals surface area contributed by atoms with Crippen molar-refractivity contribution >= 4 is 11.8 Å². The van der Waals surface area contributed by atoms with Crippen molar-refractivity contribution in [3.8, 4) is 0 Å². The van der Waals surface area contributed by atoms with Crippen molar-refractivity contribution in [1.29, 1.82) is 0 Å². The molecule has 1 radical (unpaired) electrons. The van der Waals surface area contributed by atoms with Crippen molar-refractivity contribution in [2.75, 3.05) is 6.26 Å². The van der Waals surface area contributed by atoms with Crippen molar-refractivity contribution < 1.29 is 0 Å². The van der Waals surface area contributed by atoms with Crippen molar-refractivity contribution in [3.05, 3.63) is 6.92 Å². The smallest absolute Gasteiger partial charge is 0.00446 e. The molecule has 97 valence electrons. The molecule has 0 rings (SSSR count). The largest absolute Gasteiger partial charge is 0.162 e. The average molecular weight is 243 g/mol. The summed E-state index contributed by atoms with van der Waals surface area (Å²) in [6.07, 6.45) is 17.8. The normalized spacial score (nSPS) is 12.9. The van der Waals surface area contributed by atoms with Crippen LogP contribution in [-0.4, -0.2) is 11.5 Å². The van der Waals surface area contributed by atoms with Crippen LogP contribution in [0.4, 0.5) is 0 Å². The Bertz CT molecular complexity index is 123. The highest BCUT2D eigenvalue weighted by Crippen LogP contribution is 2.15. The number of unbranched alkanes of at least 4 members (excludes halogenated alkanes) is 9. The standard InChI is InChI=1S/C15H31S/c1-4-5-6-7-8-9-10-11-12-13-14-15(2)16-3/h15H,2,4-14H2,1,3H3. The molecule has 0 nitrogen and oxygen atoms in total. The molecule has 0 aromatic heterocycles. The molecule has 0 aliphatic rings. The maximum absolute atomic E-state index is 4.10. The molecule has 0 heterocycles. The van der Waals surface area contributed by atoms with Gasteiger partial charge < -0.3 is 0 Å². The van der Waals surface area contributed by atoms with E-state index in [-0.39, 0.29) is 0 Å². The molecular formula is C15H31S. The first-order chi connectivity index (χ1) is 7.81. The molecule has 0 fully saturated rings. The molecule has 0 aliphatic heterocycles. The summed E-state index contributed by atoms with van der Waals surface area (Å²) >= 11 is 1.89. The van der Waals surface area contributed by atoms with Gasteiger partial charge in [-0.15, -0.1) is 0 Å². The summed E-state index contributed by atoms with van der Waals surface area (Å²) in [5.41, 5.74) is 0. The molecule has 0 amide bonds. The van der Waals surface area contributed by atoms with Gasteiger partial charge in [-0.25, -0.2) is 0 Å². The lowest BCUT2D eigenvalue weighted by Gasteiger charge is -2.07. The Kier molecular flexibility index (Phi) is 13.7. The minimum absolute atomic E-state index is 0.619. The molecule has 0 aromatic carbocycles. The van der Waals surface area contributed by atoms with Gasteiger partial charge in [0.05, 0.1) is 0 Å². The monoisotopic (exact) mass is 243 g/mol. The lowest BCUT2D eigenvalue weighted by Crippen LogP contribution is -1.94. The molecule has 1 atom stereocenters. The van der Waals surface area contributed by atoms with Gasteiger partial charge in [0.25, 0.3) is 0 Å². The maximum Gasteiger partial charge on any atom is 0.00446 e. The summed E-state index contributed by atoms with van der Waals surface area (Å²) in [7, 11) is 0. The van der Waals surface area contributed by atoms with E-state index in [1.807, 2.05) is 11.8 Å². The second kappa shape index (κ2) is 13.4. The van der Waals surface area contributed by atoms with Gasteiger partial charge in [-0.2, -0.15) is 11.8 Å². The SMILES string of the molecule is [CH2]C(CCCCCCCCCCCC)SC. The Morgan fingerprint density at radius 1 is 0.812 bits per heavy atom. The number of rotatable bonds is 12. The van der Waals surface area contributed by atoms with Crippen LogP contribution in [0.5, 0.6) is 0 Å². The number of hydrogen-bond donors (Lipinski definition) is 0. The highest BCUT2D eigenvalue weighted by atomic mass is 32.2. The fraction of sp³-hybridized carbons (Fsp3) is 0.933. The van der Waals surface area contributed by atoms with Crippen LogP contribution in [0.1, 0.15) is 77.6 Å². The number of hydrogen-bond acceptors (Lipinski definition) is 1. The van der Waals surface area contributed by atoms with E-state index in [2.05, 4.69) is 20.1 Å². The van der Waals surface area contributed by atoms with Gasteiger partial charge in [0.1, 0.15) is 0 Å². The lowest BCUT2D eigenvalue weighted by atomic mass is 10.1. The van der Waals surface area contributed by atoms with Gasteiger partial charge in [0.15, 0.2) is 0 Å². The van der Waals surface area contributed by atoms with Gasteiger partial charge in [-0.3, -0.25) is 0 Å². The predicted octanol–water partition coefficient (Wildman–Crippen LogP) is 5.86. The van der Waals surface area contributed by atoms with Crippen LogP contribution >= 0.6 is 11.8 Å². The summed E-state index contributed by atoms with van der Waals surface area (Å²) in [6, 6.07) is 0. The molecule has 0 saturated carbocycles. The molecule has 0 spiro atoms. The Labute approximate surface area is 108 Å². The van der Waals surface area contributed by atoms with E-state index in [9.17, 15) is 0 Å². The van der Waals surface area contributed by atoms with E-state index in [1.54, 1.807) is 0 Å². The van der Waals surface area contributed by atoms with Crippen LogP contribution in [0.15, 0.2) is 0 Å². The van der Waals surface area contributed by atoms with Crippen molar-refractivity contribution in [2.24, 2.45) is 0 Å². The summed E-state index contributed by atoms with van der Waals surface area (Å²) in [5, 5.41) is 0.619. The molecule has 0 aliphatic carbocycles. The fourth-order valence-corrected chi connectivity index (χ4v) is 2.38. The molecule has 0 aromatic rings. The zero-order valence-corrected chi connectivity index (χ0v) is 12.3. The quantitative estimate of drug-likeness (QED) is 0.387. The van der Waals surface area contributed by atoms with Gasteiger partial charge in [0.2, 0.25) is 0 Å². The van der Waals surface area contributed by atoms with Crippen LogP contribution in [0, 0.1) is 6.92 Å². The summed E-state index contributed by atoms with van der Waals surface area (Å²) in [5.74, 6) is 0. The third kappa shape index (κ3) is 12.4. The third-order valence-electron chi connectivity index (χ3n) is 3.21. The Hall–Kier alpha value is 0.350. The van der Waals surface area contributed by atoms with E-state index in [0.717, 1.165) is 0 Å². The van der Waals surface area contributed by atoms with E-state index in [1.165, 1.54) is 70.6 Å². The maximum atomic E-state index is 4.10. The predicted molar refractivity (Wildman–Crippen MR) is 79.1 cm³/mol. The van der Waals surface area contributed by atoms with Crippen molar-refractivity contribution in [2.45, 2.75) is 82.8 Å². The van der Waals surface area contributed by atoms with Gasteiger partial charge in [0, 0.05) is 5.25 Å².